The predicted molar refractivity (Wildman–Crippen MR) is 62.1 cm³/mol. The van der Waals surface area contributed by atoms with Gasteiger partial charge in [-0.1, -0.05) is 6.92 Å². The second kappa shape index (κ2) is 4.60. The zero-order valence-corrected chi connectivity index (χ0v) is 10.1. The van der Waals surface area contributed by atoms with Crippen molar-refractivity contribution in [2.45, 2.75) is 37.8 Å². The molecule has 0 bridgehead atoms. The predicted octanol–water partition coefficient (Wildman–Crippen LogP) is 2.15. The highest BCUT2D eigenvalue weighted by molar-refractivity contribution is 7.09. The average molecular weight is 226 g/mol. The average Bonchev–Trinajstić information content (AvgIpc) is 2.70. The van der Waals surface area contributed by atoms with Crippen molar-refractivity contribution in [3.63, 3.8) is 0 Å². The minimum Gasteiger partial charge on any atom is -0.381 e. The molecule has 0 amide bonds. The van der Waals surface area contributed by atoms with Crippen molar-refractivity contribution in [1.29, 1.82) is 0 Å². The lowest BCUT2D eigenvalue weighted by Gasteiger charge is -2.46. The van der Waals surface area contributed by atoms with Crippen LogP contribution in [0.4, 0.5) is 0 Å². The van der Waals surface area contributed by atoms with Gasteiger partial charge in [-0.3, -0.25) is 0 Å². The number of methoxy groups -OCH3 is 1. The Hall–Kier alpha value is -0.450. The Balaban J connectivity index is 2.05. The van der Waals surface area contributed by atoms with Gasteiger partial charge in [0.05, 0.1) is 11.6 Å². The van der Waals surface area contributed by atoms with Gasteiger partial charge in [-0.15, -0.1) is 11.3 Å². The van der Waals surface area contributed by atoms with E-state index < -0.39 is 0 Å². The highest BCUT2D eigenvalue weighted by Crippen LogP contribution is 2.43. The molecule has 0 saturated heterocycles. The number of ether oxygens (including phenoxy) is 1. The van der Waals surface area contributed by atoms with Crippen LogP contribution in [0.25, 0.3) is 0 Å². The molecule has 84 valence electrons. The van der Waals surface area contributed by atoms with Crippen molar-refractivity contribution >= 4 is 11.3 Å². The second-order valence-electron chi connectivity index (χ2n) is 4.11. The largest absolute Gasteiger partial charge is 0.381 e. The zero-order valence-electron chi connectivity index (χ0n) is 9.32. The summed E-state index contributed by atoms with van der Waals surface area (Å²) in [5, 5.41) is 6.88. The third kappa shape index (κ3) is 2.07. The number of rotatable bonds is 5. The summed E-state index contributed by atoms with van der Waals surface area (Å²) in [6.45, 7) is 3.24. The van der Waals surface area contributed by atoms with E-state index in [0.717, 1.165) is 25.8 Å². The van der Waals surface area contributed by atoms with Gasteiger partial charge in [-0.05, 0) is 25.8 Å². The lowest BCUT2D eigenvalue weighted by atomic mass is 9.74. The van der Waals surface area contributed by atoms with Crippen LogP contribution in [0.1, 0.15) is 31.2 Å². The van der Waals surface area contributed by atoms with Crippen LogP contribution in [0, 0.1) is 0 Å². The van der Waals surface area contributed by atoms with E-state index in [2.05, 4.69) is 17.2 Å². The second-order valence-corrected chi connectivity index (χ2v) is 5.01. The van der Waals surface area contributed by atoms with Gasteiger partial charge in [-0.25, -0.2) is 4.98 Å². The van der Waals surface area contributed by atoms with E-state index >= 15 is 0 Å². The first-order chi connectivity index (χ1) is 7.30. The molecule has 15 heavy (non-hydrogen) atoms. The van der Waals surface area contributed by atoms with E-state index in [9.17, 15) is 0 Å². The summed E-state index contributed by atoms with van der Waals surface area (Å²) in [6, 6.07) is 0. The quantitative estimate of drug-likeness (QED) is 0.835. The maximum Gasteiger partial charge on any atom is 0.113 e. The topological polar surface area (TPSA) is 34.2 Å². The van der Waals surface area contributed by atoms with Crippen molar-refractivity contribution in [1.82, 2.24) is 10.3 Å². The summed E-state index contributed by atoms with van der Waals surface area (Å²) in [7, 11) is 1.79. The minimum atomic E-state index is 0.102. The Morgan fingerprint density at radius 1 is 1.67 bits per heavy atom. The number of nitrogens with zero attached hydrogens (tertiary/aromatic N) is 1. The van der Waals surface area contributed by atoms with Crippen LogP contribution in [0.2, 0.25) is 0 Å². The fourth-order valence-corrected chi connectivity index (χ4v) is 2.94. The third-order valence-electron chi connectivity index (χ3n) is 3.04. The van der Waals surface area contributed by atoms with Crippen molar-refractivity contribution in [3.8, 4) is 0 Å². The van der Waals surface area contributed by atoms with E-state index in [-0.39, 0.29) is 5.54 Å². The van der Waals surface area contributed by atoms with Gasteiger partial charge in [0.25, 0.3) is 0 Å². The van der Waals surface area contributed by atoms with Crippen molar-refractivity contribution in [2.75, 3.05) is 13.7 Å². The summed E-state index contributed by atoms with van der Waals surface area (Å²) in [5.41, 5.74) is 0.102. The molecule has 1 aromatic rings. The van der Waals surface area contributed by atoms with E-state index in [1.807, 2.05) is 11.6 Å². The number of thiazole rings is 1. The number of hydrogen-bond donors (Lipinski definition) is 1. The van der Waals surface area contributed by atoms with E-state index in [0.29, 0.717) is 6.10 Å². The third-order valence-corrected chi connectivity index (χ3v) is 4.02. The van der Waals surface area contributed by atoms with Gasteiger partial charge in [-0.2, -0.15) is 0 Å². The van der Waals surface area contributed by atoms with Crippen LogP contribution >= 0.6 is 11.3 Å². The van der Waals surface area contributed by atoms with Gasteiger partial charge in [0.2, 0.25) is 0 Å². The molecule has 0 aromatic carbocycles. The Morgan fingerprint density at radius 2 is 2.47 bits per heavy atom. The van der Waals surface area contributed by atoms with E-state index in [4.69, 9.17) is 4.74 Å². The Kier molecular flexibility index (Phi) is 3.38. The van der Waals surface area contributed by atoms with Gasteiger partial charge < -0.3 is 10.1 Å². The van der Waals surface area contributed by atoms with Crippen molar-refractivity contribution in [3.05, 3.63) is 16.6 Å². The fourth-order valence-electron chi connectivity index (χ4n) is 2.10. The molecule has 1 N–H and O–H groups in total. The van der Waals surface area contributed by atoms with Crippen LogP contribution < -0.4 is 5.32 Å². The summed E-state index contributed by atoms with van der Waals surface area (Å²) >= 11 is 1.74. The van der Waals surface area contributed by atoms with Gasteiger partial charge >= 0.3 is 0 Å². The Morgan fingerprint density at radius 3 is 3.00 bits per heavy atom. The molecule has 1 fully saturated rings. The number of hydrogen-bond acceptors (Lipinski definition) is 4. The van der Waals surface area contributed by atoms with Crippen molar-refractivity contribution < 1.29 is 4.74 Å². The molecule has 1 aliphatic carbocycles. The molecule has 0 unspecified atom stereocenters. The molecule has 1 heterocycles. The highest BCUT2D eigenvalue weighted by atomic mass is 32.1. The fraction of sp³-hybridized carbons (Fsp3) is 0.727. The number of aromatic nitrogens is 1. The lowest BCUT2D eigenvalue weighted by molar-refractivity contribution is -0.0330. The van der Waals surface area contributed by atoms with E-state index in [1.165, 1.54) is 5.01 Å². The zero-order chi connectivity index (χ0) is 10.7. The highest BCUT2D eigenvalue weighted by Gasteiger charge is 2.47. The van der Waals surface area contributed by atoms with E-state index in [1.54, 1.807) is 18.4 Å². The minimum absolute atomic E-state index is 0.102. The van der Waals surface area contributed by atoms with Crippen molar-refractivity contribution in [2.24, 2.45) is 0 Å². The summed E-state index contributed by atoms with van der Waals surface area (Å²) in [5.74, 6) is 0. The molecule has 4 heteroatoms. The summed E-state index contributed by atoms with van der Waals surface area (Å²) < 4.78 is 5.36. The van der Waals surface area contributed by atoms with Crippen LogP contribution in [-0.4, -0.2) is 24.7 Å². The number of nitrogens with one attached hydrogen (secondary N) is 1. The molecule has 1 aromatic heterocycles. The standard InChI is InChI=1S/C11H18N2OS/c1-3-4-13-11(7-9(8-11)14-2)10-12-5-6-15-10/h5-6,9,13H,3-4,7-8H2,1-2H3. The first-order valence-corrected chi connectivity index (χ1v) is 6.36. The van der Waals surface area contributed by atoms with Crippen LogP contribution in [0.5, 0.6) is 0 Å². The first-order valence-electron chi connectivity index (χ1n) is 5.48. The molecular formula is C11H18N2OS. The molecule has 0 radical (unpaired) electrons. The SMILES string of the molecule is CCCNC1(c2nccs2)CC(OC)C1. The molecular weight excluding hydrogens is 208 g/mol. The Labute approximate surface area is 94.9 Å². The normalized spacial score (nSPS) is 30.1. The van der Waals surface area contributed by atoms with Gasteiger partial charge in [0.15, 0.2) is 0 Å². The van der Waals surface area contributed by atoms with Crippen LogP contribution in [-0.2, 0) is 10.3 Å². The van der Waals surface area contributed by atoms with Gasteiger partial charge in [0, 0.05) is 18.7 Å². The van der Waals surface area contributed by atoms with Crippen LogP contribution in [0.3, 0.4) is 0 Å². The summed E-state index contributed by atoms with van der Waals surface area (Å²) in [4.78, 5) is 4.43. The monoisotopic (exact) mass is 226 g/mol. The van der Waals surface area contributed by atoms with Crippen LogP contribution in [0.15, 0.2) is 11.6 Å². The molecule has 0 aliphatic heterocycles. The molecule has 2 rings (SSSR count). The maximum atomic E-state index is 5.36. The lowest BCUT2D eigenvalue weighted by Crippen LogP contribution is -2.55. The maximum absolute atomic E-state index is 5.36. The Bertz CT molecular complexity index is 288. The van der Waals surface area contributed by atoms with Gasteiger partial charge in [0.1, 0.15) is 5.01 Å². The molecule has 0 atom stereocenters. The summed E-state index contributed by atoms with van der Waals surface area (Å²) in [6.07, 6.45) is 5.55. The molecule has 1 saturated carbocycles. The first kappa shape index (κ1) is 11.0. The molecule has 3 nitrogen and oxygen atoms in total. The molecule has 0 spiro atoms. The smallest absolute Gasteiger partial charge is 0.113 e. The molecule has 1 aliphatic rings.